The van der Waals surface area contributed by atoms with Gasteiger partial charge in [-0.15, -0.1) is 11.3 Å². The van der Waals surface area contributed by atoms with Gasteiger partial charge in [0.1, 0.15) is 5.01 Å². The van der Waals surface area contributed by atoms with Crippen molar-refractivity contribution >= 4 is 11.3 Å². The number of rotatable bonds is 5. The summed E-state index contributed by atoms with van der Waals surface area (Å²) in [5.41, 5.74) is 0.134. The van der Waals surface area contributed by atoms with E-state index in [0.29, 0.717) is 6.04 Å². The molecule has 4 heteroatoms. The van der Waals surface area contributed by atoms with Crippen molar-refractivity contribution in [2.24, 2.45) is 0 Å². The first kappa shape index (κ1) is 14.0. The zero-order chi connectivity index (χ0) is 13.0. The van der Waals surface area contributed by atoms with Gasteiger partial charge in [0.15, 0.2) is 0 Å². The van der Waals surface area contributed by atoms with Crippen LogP contribution in [0, 0.1) is 0 Å². The van der Waals surface area contributed by atoms with Gasteiger partial charge in [0.05, 0.1) is 5.54 Å². The highest BCUT2D eigenvalue weighted by molar-refractivity contribution is 7.09. The molecule has 1 saturated heterocycles. The fraction of sp³-hybridized carbons (Fsp3) is 0.786. The van der Waals surface area contributed by atoms with Crippen molar-refractivity contribution < 1.29 is 0 Å². The van der Waals surface area contributed by atoms with Gasteiger partial charge in [-0.25, -0.2) is 4.98 Å². The molecule has 0 aliphatic carbocycles. The number of nitrogens with one attached hydrogen (secondary N) is 1. The predicted molar refractivity (Wildman–Crippen MR) is 78.0 cm³/mol. The monoisotopic (exact) mass is 267 g/mol. The normalized spacial score (nSPS) is 20.4. The largest absolute Gasteiger partial charge is 0.305 e. The van der Waals surface area contributed by atoms with Gasteiger partial charge < -0.3 is 10.2 Å². The Labute approximate surface area is 115 Å². The molecule has 102 valence electrons. The summed E-state index contributed by atoms with van der Waals surface area (Å²) < 4.78 is 0. The van der Waals surface area contributed by atoms with Gasteiger partial charge in [-0.05, 0) is 39.7 Å². The van der Waals surface area contributed by atoms with Crippen LogP contribution in [0.5, 0.6) is 0 Å². The molecule has 0 unspecified atom stereocenters. The fourth-order valence-corrected chi connectivity index (χ4v) is 3.59. The van der Waals surface area contributed by atoms with Gasteiger partial charge in [0.25, 0.3) is 0 Å². The van der Waals surface area contributed by atoms with Crippen molar-refractivity contribution in [1.82, 2.24) is 15.2 Å². The molecule has 1 fully saturated rings. The van der Waals surface area contributed by atoms with Gasteiger partial charge in [0.2, 0.25) is 0 Å². The summed E-state index contributed by atoms with van der Waals surface area (Å²) in [6, 6.07) is 0.658. The lowest BCUT2D eigenvalue weighted by molar-refractivity contribution is 0.109. The number of aromatic nitrogens is 1. The lowest BCUT2D eigenvalue weighted by atomic mass is 9.87. The average molecular weight is 267 g/mol. The van der Waals surface area contributed by atoms with E-state index in [4.69, 9.17) is 0 Å². The van der Waals surface area contributed by atoms with E-state index >= 15 is 0 Å². The molecule has 0 radical (unpaired) electrons. The van der Waals surface area contributed by atoms with Crippen molar-refractivity contribution in [2.75, 3.05) is 19.6 Å². The molecule has 0 bridgehead atoms. The van der Waals surface area contributed by atoms with Crippen LogP contribution in [0.15, 0.2) is 11.6 Å². The van der Waals surface area contributed by atoms with Crippen LogP contribution < -0.4 is 5.32 Å². The van der Waals surface area contributed by atoms with E-state index < -0.39 is 0 Å². The number of hydrogen-bond acceptors (Lipinski definition) is 4. The van der Waals surface area contributed by atoms with E-state index in [9.17, 15) is 0 Å². The lowest BCUT2D eigenvalue weighted by Gasteiger charge is -2.42. The van der Waals surface area contributed by atoms with Crippen LogP contribution in [0.3, 0.4) is 0 Å². The molecule has 0 aromatic carbocycles. The van der Waals surface area contributed by atoms with Crippen LogP contribution in [0.25, 0.3) is 0 Å². The minimum atomic E-state index is 0.134. The number of likely N-dealkylation sites (tertiary alicyclic amines) is 1. The van der Waals surface area contributed by atoms with Gasteiger partial charge in [0, 0.05) is 30.7 Å². The molecule has 1 N–H and O–H groups in total. The third kappa shape index (κ3) is 2.92. The van der Waals surface area contributed by atoms with Crippen LogP contribution in [0.2, 0.25) is 0 Å². The van der Waals surface area contributed by atoms with E-state index in [1.54, 1.807) is 11.3 Å². The quantitative estimate of drug-likeness (QED) is 0.889. The average Bonchev–Trinajstić information content (AvgIpc) is 2.91. The molecule has 0 amide bonds. The summed E-state index contributed by atoms with van der Waals surface area (Å²) in [5.74, 6) is 0. The number of nitrogens with zero attached hydrogens (tertiary/aromatic N) is 2. The molecule has 1 aliphatic rings. The second-order valence-electron chi connectivity index (χ2n) is 5.48. The van der Waals surface area contributed by atoms with Crippen LogP contribution >= 0.6 is 11.3 Å². The minimum Gasteiger partial charge on any atom is -0.305 e. The van der Waals surface area contributed by atoms with E-state index in [0.717, 1.165) is 6.54 Å². The first-order valence-corrected chi connectivity index (χ1v) is 7.95. The second kappa shape index (κ2) is 6.13. The fourth-order valence-electron chi connectivity index (χ4n) is 2.71. The SMILES string of the molecule is CCCNC1(c2nccs2)CCN(C(C)C)CC1. The Morgan fingerprint density at radius 2 is 2.17 bits per heavy atom. The Bertz CT molecular complexity index is 340. The van der Waals surface area contributed by atoms with E-state index in [1.807, 2.05) is 6.20 Å². The summed E-state index contributed by atoms with van der Waals surface area (Å²) in [7, 11) is 0. The zero-order valence-corrected chi connectivity index (χ0v) is 12.6. The van der Waals surface area contributed by atoms with Crippen LogP contribution in [-0.2, 0) is 5.54 Å². The maximum atomic E-state index is 4.57. The summed E-state index contributed by atoms with van der Waals surface area (Å²) in [4.78, 5) is 7.14. The third-order valence-corrected chi connectivity index (χ3v) is 4.91. The standard InChI is InChI=1S/C14H25N3S/c1-4-7-16-14(13-15-8-11-18-13)5-9-17(10-6-14)12(2)3/h8,11-12,16H,4-7,9-10H2,1-3H3. The Balaban J connectivity index is 2.09. The van der Waals surface area contributed by atoms with E-state index in [-0.39, 0.29) is 5.54 Å². The highest BCUT2D eigenvalue weighted by atomic mass is 32.1. The number of piperidine rings is 1. The topological polar surface area (TPSA) is 28.2 Å². The Morgan fingerprint density at radius 3 is 2.67 bits per heavy atom. The van der Waals surface area contributed by atoms with E-state index in [1.165, 1.54) is 37.4 Å². The lowest BCUT2D eigenvalue weighted by Crippen LogP contribution is -2.52. The molecule has 0 atom stereocenters. The van der Waals surface area contributed by atoms with Crippen molar-refractivity contribution in [1.29, 1.82) is 0 Å². The van der Waals surface area contributed by atoms with Gasteiger partial charge in [-0.3, -0.25) is 0 Å². The minimum absolute atomic E-state index is 0.134. The summed E-state index contributed by atoms with van der Waals surface area (Å²) in [6.45, 7) is 10.2. The van der Waals surface area contributed by atoms with Gasteiger partial charge in [-0.1, -0.05) is 6.92 Å². The molecule has 1 aromatic rings. The zero-order valence-electron chi connectivity index (χ0n) is 11.8. The highest BCUT2D eigenvalue weighted by Crippen LogP contribution is 2.34. The predicted octanol–water partition coefficient (Wildman–Crippen LogP) is 2.84. The van der Waals surface area contributed by atoms with Gasteiger partial charge >= 0.3 is 0 Å². The van der Waals surface area contributed by atoms with Crippen molar-refractivity contribution in [2.45, 2.75) is 51.6 Å². The van der Waals surface area contributed by atoms with Crippen LogP contribution in [0.4, 0.5) is 0 Å². The first-order chi connectivity index (χ1) is 8.68. The molecule has 18 heavy (non-hydrogen) atoms. The van der Waals surface area contributed by atoms with Crippen LogP contribution in [0.1, 0.15) is 45.0 Å². The smallest absolute Gasteiger partial charge is 0.113 e. The molecule has 2 heterocycles. The Kier molecular flexibility index (Phi) is 4.76. The molecule has 0 saturated carbocycles. The molecule has 0 spiro atoms. The Morgan fingerprint density at radius 1 is 1.44 bits per heavy atom. The second-order valence-corrected chi connectivity index (χ2v) is 6.37. The summed E-state index contributed by atoms with van der Waals surface area (Å²) >= 11 is 1.80. The Hall–Kier alpha value is -0.450. The maximum Gasteiger partial charge on any atom is 0.113 e. The number of hydrogen-bond donors (Lipinski definition) is 1. The number of thiazole rings is 1. The molecule has 1 aromatic heterocycles. The molecular formula is C14H25N3S. The summed E-state index contributed by atoms with van der Waals surface area (Å²) in [5, 5.41) is 7.14. The van der Waals surface area contributed by atoms with Crippen molar-refractivity contribution in [3.63, 3.8) is 0 Å². The van der Waals surface area contributed by atoms with Crippen LogP contribution in [-0.4, -0.2) is 35.6 Å². The van der Waals surface area contributed by atoms with Gasteiger partial charge in [-0.2, -0.15) is 0 Å². The molecular weight excluding hydrogens is 242 g/mol. The highest BCUT2D eigenvalue weighted by Gasteiger charge is 2.38. The molecule has 3 nitrogen and oxygen atoms in total. The first-order valence-electron chi connectivity index (χ1n) is 7.07. The third-order valence-electron chi connectivity index (χ3n) is 3.94. The maximum absolute atomic E-state index is 4.57. The molecule has 1 aliphatic heterocycles. The van der Waals surface area contributed by atoms with E-state index in [2.05, 4.69) is 41.4 Å². The van der Waals surface area contributed by atoms with Crippen molar-refractivity contribution in [3.8, 4) is 0 Å². The van der Waals surface area contributed by atoms with Crippen molar-refractivity contribution in [3.05, 3.63) is 16.6 Å². The summed E-state index contributed by atoms with van der Waals surface area (Å²) in [6.07, 6.45) is 5.47. The molecule has 2 rings (SSSR count).